The Kier molecular flexibility index (Phi) is 10.6. The Labute approximate surface area is 186 Å². The van der Waals surface area contributed by atoms with Crippen LogP contribution >= 0.6 is 0 Å². The molecular weight excluding hydrogens is 395 g/mol. The number of aliphatic imine (C=N–C) groups is 1. The number of ether oxygens (including phenoxy) is 2. The Morgan fingerprint density at radius 2 is 1.90 bits per heavy atom. The van der Waals surface area contributed by atoms with Gasteiger partial charge in [-0.25, -0.2) is 4.39 Å². The smallest absolute Gasteiger partial charge is 0.190 e. The first kappa shape index (κ1) is 24.0. The number of rotatable bonds is 10. The number of hydrogen-bond acceptors (Lipinski definition) is 4. The molecule has 0 amide bonds. The summed E-state index contributed by atoms with van der Waals surface area (Å²) in [6.07, 6.45) is 5.46. The van der Waals surface area contributed by atoms with Crippen LogP contribution in [0.5, 0.6) is 0 Å². The fourth-order valence-corrected chi connectivity index (χ4v) is 4.22. The number of halogens is 1. The van der Waals surface area contributed by atoms with E-state index >= 15 is 0 Å². The van der Waals surface area contributed by atoms with Gasteiger partial charge >= 0.3 is 0 Å². The maximum atomic E-state index is 13.9. The summed E-state index contributed by atoms with van der Waals surface area (Å²) in [7, 11) is 1.81. The molecule has 0 saturated carbocycles. The average molecular weight is 435 g/mol. The number of hydrogen-bond donors (Lipinski definition) is 2. The van der Waals surface area contributed by atoms with Gasteiger partial charge in [0.05, 0.1) is 0 Å². The Bertz CT molecular complexity index is 659. The Morgan fingerprint density at radius 1 is 1.13 bits per heavy atom. The summed E-state index contributed by atoms with van der Waals surface area (Å²) in [5.41, 5.74) is 0.792. The van der Waals surface area contributed by atoms with Gasteiger partial charge in [-0.3, -0.25) is 9.89 Å². The molecule has 0 aromatic heterocycles. The van der Waals surface area contributed by atoms with Gasteiger partial charge in [0.1, 0.15) is 5.82 Å². The molecule has 1 aromatic carbocycles. The van der Waals surface area contributed by atoms with Crippen LogP contribution in [0.3, 0.4) is 0 Å². The standard InChI is InChI=1S/C24H39FN4O2/c1-26-24(27-11-4-14-31-19-21-9-15-30-16-10-21)28-17-20-7-12-29(13-8-20)18-22-5-2-3-6-23(22)25/h2-3,5-6,20-21H,4,7-19H2,1H3,(H2,26,27,28). The third-order valence-corrected chi connectivity index (χ3v) is 6.29. The van der Waals surface area contributed by atoms with Crippen molar-refractivity contribution in [1.29, 1.82) is 0 Å². The van der Waals surface area contributed by atoms with Gasteiger partial charge < -0.3 is 20.1 Å². The van der Waals surface area contributed by atoms with E-state index in [0.717, 1.165) is 96.2 Å². The summed E-state index contributed by atoms with van der Waals surface area (Å²) in [6.45, 7) is 7.89. The zero-order chi connectivity index (χ0) is 21.7. The summed E-state index contributed by atoms with van der Waals surface area (Å²) in [5, 5.41) is 6.84. The Morgan fingerprint density at radius 3 is 2.65 bits per heavy atom. The van der Waals surface area contributed by atoms with Crippen molar-refractivity contribution in [1.82, 2.24) is 15.5 Å². The van der Waals surface area contributed by atoms with E-state index in [2.05, 4.69) is 20.5 Å². The minimum Gasteiger partial charge on any atom is -0.381 e. The lowest BCUT2D eigenvalue weighted by Gasteiger charge is -2.32. The van der Waals surface area contributed by atoms with Crippen LogP contribution in [0.25, 0.3) is 0 Å². The highest BCUT2D eigenvalue weighted by Gasteiger charge is 2.20. The zero-order valence-electron chi connectivity index (χ0n) is 19.0. The molecule has 2 fully saturated rings. The largest absolute Gasteiger partial charge is 0.381 e. The van der Waals surface area contributed by atoms with E-state index in [0.29, 0.717) is 18.4 Å². The van der Waals surface area contributed by atoms with E-state index in [9.17, 15) is 4.39 Å². The third kappa shape index (κ3) is 8.75. The van der Waals surface area contributed by atoms with Crippen molar-refractivity contribution in [3.63, 3.8) is 0 Å². The first-order chi connectivity index (χ1) is 15.2. The van der Waals surface area contributed by atoms with Crippen molar-refractivity contribution in [2.45, 2.75) is 38.6 Å². The molecule has 2 saturated heterocycles. The predicted octanol–water partition coefficient (Wildman–Crippen LogP) is 3.04. The highest BCUT2D eigenvalue weighted by atomic mass is 19.1. The maximum Gasteiger partial charge on any atom is 0.190 e. The molecule has 6 nitrogen and oxygen atoms in total. The fourth-order valence-electron chi connectivity index (χ4n) is 4.22. The van der Waals surface area contributed by atoms with Gasteiger partial charge in [0.15, 0.2) is 5.96 Å². The monoisotopic (exact) mass is 434 g/mol. The highest BCUT2D eigenvalue weighted by molar-refractivity contribution is 5.79. The molecule has 7 heteroatoms. The lowest BCUT2D eigenvalue weighted by molar-refractivity contribution is 0.0203. The average Bonchev–Trinajstić information content (AvgIpc) is 2.81. The molecule has 0 spiro atoms. The molecular formula is C24H39FN4O2. The molecule has 2 aliphatic heterocycles. The van der Waals surface area contributed by atoms with Crippen LogP contribution < -0.4 is 10.6 Å². The molecule has 2 aliphatic rings. The Hall–Kier alpha value is -1.70. The fraction of sp³-hybridized carbons (Fsp3) is 0.708. The van der Waals surface area contributed by atoms with Gasteiger partial charge in [-0.1, -0.05) is 18.2 Å². The van der Waals surface area contributed by atoms with E-state index < -0.39 is 0 Å². The molecule has 31 heavy (non-hydrogen) atoms. The summed E-state index contributed by atoms with van der Waals surface area (Å²) < 4.78 is 25.1. The second-order valence-corrected chi connectivity index (χ2v) is 8.68. The summed E-state index contributed by atoms with van der Waals surface area (Å²) in [6, 6.07) is 7.08. The number of guanidine groups is 1. The zero-order valence-corrected chi connectivity index (χ0v) is 19.0. The normalized spacial score (nSPS) is 19.5. The molecule has 0 bridgehead atoms. The van der Waals surface area contributed by atoms with Crippen LogP contribution in [0.4, 0.5) is 4.39 Å². The van der Waals surface area contributed by atoms with Crippen LogP contribution in [-0.4, -0.2) is 70.5 Å². The van der Waals surface area contributed by atoms with Crippen molar-refractivity contribution < 1.29 is 13.9 Å². The van der Waals surface area contributed by atoms with Crippen molar-refractivity contribution >= 4 is 5.96 Å². The van der Waals surface area contributed by atoms with Crippen LogP contribution in [0.2, 0.25) is 0 Å². The van der Waals surface area contributed by atoms with Crippen molar-refractivity contribution in [3.8, 4) is 0 Å². The predicted molar refractivity (Wildman–Crippen MR) is 123 cm³/mol. The van der Waals surface area contributed by atoms with E-state index in [-0.39, 0.29) is 5.82 Å². The first-order valence-electron chi connectivity index (χ1n) is 11.8. The second-order valence-electron chi connectivity index (χ2n) is 8.68. The van der Waals surface area contributed by atoms with Crippen LogP contribution in [0.15, 0.2) is 29.3 Å². The number of nitrogens with one attached hydrogen (secondary N) is 2. The summed E-state index contributed by atoms with van der Waals surface area (Å²) >= 11 is 0. The lowest BCUT2D eigenvalue weighted by Crippen LogP contribution is -2.43. The van der Waals surface area contributed by atoms with Gasteiger partial charge in [-0.15, -0.1) is 0 Å². The van der Waals surface area contributed by atoms with Gasteiger partial charge in [0.2, 0.25) is 0 Å². The molecule has 2 heterocycles. The van der Waals surface area contributed by atoms with Crippen molar-refractivity contribution in [2.24, 2.45) is 16.8 Å². The molecule has 2 N–H and O–H groups in total. The summed E-state index contributed by atoms with van der Waals surface area (Å²) in [4.78, 5) is 6.68. The summed E-state index contributed by atoms with van der Waals surface area (Å²) in [5.74, 6) is 2.04. The minimum absolute atomic E-state index is 0.102. The lowest BCUT2D eigenvalue weighted by atomic mass is 9.96. The first-order valence-corrected chi connectivity index (χ1v) is 11.8. The number of benzene rings is 1. The van der Waals surface area contributed by atoms with E-state index in [4.69, 9.17) is 9.47 Å². The van der Waals surface area contributed by atoms with Crippen molar-refractivity contribution in [2.75, 3.05) is 59.7 Å². The molecule has 0 atom stereocenters. The van der Waals surface area contributed by atoms with Gasteiger partial charge in [-0.05, 0) is 63.1 Å². The number of nitrogens with zero attached hydrogens (tertiary/aromatic N) is 2. The molecule has 174 valence electrons. The van der Waals surface area contributed by atoms with E-state index in [1.807, 2.05) is 19.2 Å². The van der Waals surface area contributed by atoms with Gasteiger partial charge in [0, 0.05) is 58.7 Å². The quantitative estimate of drug-likeness (QED) is 0.337. The van der Waals surface area contributed by atoms with Crippen LogP contribution in [0, 0.1) is 17.7 Å². The SMILES string of the molecule is CN=C(NCCCOCC1CCOCC1)NCC1CCN(Cc2ccccc2F)CC1. The Balaban J connectivity index is 1.22. The van der Waals surface area contributed by atoms with Crippen LogP contribution in [0.1, 0.15) is 37.7 Å². The number of piperidine rings is 1. The topological polar surface area (TPSA) is 58.1 Å². The molecule has 0 radical (unpaired) electrons. The molecule has 0 aliphatic carbocycles. The molecule has 1 aromatic rings. The van der Waals surface area contributed by atoms with E-state index in [1.54, 1.807) is 12.1 Å². The molecule has 3 rings (SSSR count). The minimum atomic E-state index is -0.102. The third-order valence-electron chi connectivity index (χ3n) is 6.29. The van der Waals surface area contributed by atoms with E-state index in [1.165, 1.54) is 0 Å². The molecule has 0 unspecified atom stereocenters. The van der Waals surface area contributed by atoms with Crippen LogP contribution in [-0.2, 0) is 16.0 Å². The van der Waals surface area contributed by atoms with Crippen molar-refractivity contribution in [3.05, 3.63) is 35.6 Å². The van der Waals surface area contributed by atoms with Gasteiger partial charge in [0.25, 0.3) is 0 Å². The number of likely N-dealkylation sites (tertiary alicyclic amines) is 1. The maximum absolute atomic E-state index is 13.9. The highest BCUT2D eigenvalue weighted by Crippen LogP contribution is 2.19. The van der Waals surface area contributed by atoms with Gasteiger partial charge in [-0.2, -0.15) is 0 Å². The second kappa shape index (κ2) is 13.7.